The Labute approximate surface area is 119 Å². The van der Waals surface area contributed by atoms with Crippen LogP contribution in [0.1, 0.15) is 31.9 Å². The molecule has 1 amide bonds. The number of esters is 1. The van der Waals surface area contributed by atoms with Crippen LogP contribution in [0.2, 0.25) is 0 Å². The van der Waals surface area contributed by atoms with Crippen LogP contribution in [0.3, 0.4) is 0 Å². The lowest BCUT2D eigenvalue weighted by Gasteiger charge is -2.20. The molecule has 3 N–H and O–H groups in total. The number of carbonyl (C=O) groups excluding carboxylic acids is 2. The molecule has 5 heteroatoms. The van der Waals surface area contributed by atoms with Crippen molar-refractivity contribution >= 4 is 11.9 Å². The Balaban J connectivity index is 2.79. The highest BCUT2D eigenvalue weighted by molar-refractivity contribution is 5.80. The van der Waals surface area contributed by atoms with E-state index in [1.165, 1.54) is 0 Å². The van der Waals surface area contributed by atoms with Gasteiger partial charge < -0.3 is 15.8 Å². The minimum atomic E-state index is -0.392. The summed E-state index contributed by atoms with van der Waals surface area (Å²) in [5.41, 5.74) is 6.36. The van der Waals surface area contributed by atoms with Crippen LogP contribution in [0.4, 0.5) is 0 Å². The van der Waals surface area contributed by atoms with Crippen molar-refractivity contribution < 1.29 is 14.3 Å². The molecule has 110 valence electrons. The molecule has 0 aliphatic rings. The molecule has 0 spiro atoms. The Morgan fingerprint density at radius 3 is 2.50 bits per heavy atom. The van der Waals surface area contributed by atoms with Crippen molar-refractivity contribution in [1.82, 2.24) is 5.32 Å². The molecular formula is C15H22N2O3. The third-order valence-electron chi connectivity index (χ3n) is 3.00. The maximum Gasteiger partial charge on any atom is 0.308 e. The van der Waals surface area contributed by atoms with Gasteiger partial charge in [-0.25, -0.2) is 0 Å². The minimum Gasteiger partial charge on any atom is -0.466 e. The first-order valence-corrected chi connectivity index (χ1v) is 6.79. The van der Waals surface area contributed by atoms with Gasteiger partial charge in [0.25, 0.3) is 0 Å². The molecule has 0 saturated heterocycles. The summed E-state index contributed by atoms with van der Waals surface area (Å²) in [4.78, 5) is 23.6. The van der Waals surface area contributed by atoms with Gasteiger partial charge in [-0.3, -0.25) is 9.59 Å². The first-order chi connectivity index (χ1) is 9.58. The van der Waals surface area contributed by atoms with E-state index in [1.807, 2.05) is 30.3 Å². The summed E-state index contributed by atoms with van der Waals surface area (Å²) >= 11 is 0. The van der Waals surface area contributed by atoms with E-state index in [-0.39, 0.29) is 30.8 Å². The van der Waals surface area contributed by atoms with Gasteiger partial charge in [0.1, 0.15) is 0 Å². The van der Waals surface area contributed by atoms with Crippen LogP contribution in [-0.2, 0) is 14.3 Å². The first-order valence-electron chi connectivity index (χ1n) is 6.79. The van der Waals surface area contributed by atoms with Crippen molar-refractivity contribution in [2.24, 2.45) is 11.7 Å². The van der Waals surface area contributed by atoms with Crippen LogP contribution in [0, 0.1) is 5.92 Å². The Kier molecular flexibility index (Phi) is 6.73. The van der Waals surface area contributed by atoms with Gasteiger partial charge in [-0.05, 0) is 12.5 Å². The topological polar surface area (TPSA) is 81.4 Å². The Morgan fingerprint density at radius 2 is 1.95 bits per heavy atom. The van der Waals surface area contributed by atoms with E-state index in [0.717, 1.165) is 5.56 Å². The van der Waals surface area contributed by atoms with Gasteiger partial charge in [0.2, 0.25) is 5.91 Å². The van der Waals surface area contributed by atoms with E-state index < -0.39 is 6.04 Å². The minimum absolute atomic E-state index is 0.112. The highest BCUT2D eigenvalue weighted by Gasteiger charge is 2.21. The zero-order valence-electron chi connectivity index (χ0n) is 12.0. The van der Waals surface area contributed by atoms with E-state index in [1.54, 1.807) is 13.8 Å². The summed E-state index contributed by atoms with van der Waals surface area (Å²) in [5, 5.41) is 2.85. The number of nitrogens with one attached hydrogen (secondary N) is 1. The lowest BCUT2D eigenvalue weighted by Crippen LogP contribution is -2.37. The lowest BCUT2D eigenvalue weighted by atomic mass is 10.0. The summed E-state index contributed by atoms with van der Waals surface area (Å²) < 4.78 is 4.95. The molecule has 0 aliphatic carbocycles. The summed E-state index contributed by atoms with van der Waals surface area (Å²) in [6.07, 6.45) is 0.112. The molecule has 0 aromatic heterocycles. The summed E-state index contributed by atoms with van der Waals surface area (Å²) in [7, 11) is 0. The van der Waals surface area contributed by atoms with Gasteiger partial charge in [0, 0.05) is 12.5 Å². The molecule has 2 unspecified atom stereocenters. The second-order valence-corrected chi connectivity index (χ2v) is 4.62. The van der Waals surface area contributed by atoms with E-state index in [9.17, 15) is 9.59 Å². The number of hydrogen-bond donors (Lipinski definition) is 2. The lowest BCUT2D eigenvalue weighted by molar-refractivity contribution is -0.143. The van der Waals surface area contributed by atoms with Gasteiger partial charge in [-0.2, -0.15) is 0 Å². The maximum atomic E-state index is 12.0. The van der Waals surface area contributed by atoms with Gasteiger partial charge in [0.15, 0.2) is 0 Å². The van der Waals surface area contributed by atoms with E-state index in [0.29, 0.717) is 6.61 Å². The third-order valence-corrected chi connectivity index (χ3v) is 3.00. The zero-order valence-corrected chi connectivity index (χ0v) is 12.0. The fraction of sp³-hybridized carbons (Fsp3) is 0.467. The smallest absolute Gasteiger partial charge is 0.308 e. The average Bonchev–Trinajstić information content (AvgIpc) is 2.46. The average molecular weight is 278 g/mol. The van der Waals surface area contributed by atoms with Crippen molar-refractivity contribution in [3.8, 4) is 0 Å². The molecule has 20 heavy (non-hydrogen) atoms. The molecule has 0 bridgehead atoms. The molecule has 0 aliphatic heterocycles. The zero-order chi connectivity index (χ0) is 15.0. The monoisotopic (exact) mass is 278 g/mol. The summed E-state index contributed by atoms with van der Waals surface area (Å²) in [5.74, 6) is -0.781. The van der Waals surface area contributed by atoms with Crippen molar-refractivity contribution in [2.45, 2.75) is 26.3 Å². The van der Waals surface area contributed by atoms with E-state index >= 15 is 0 Å². The number of ether oxygens (including phenoxy) is 1. The second kappa shape index (κ2) is 8.32. The number of hydrogen-bond acceptors (Lipinski definition) is 4. The predicted molar refractivity (Wildman–Crippen MR) is 76.8 cm³/mol. The molecule has 2 atom stereocenters. The van der Waals surface area contributed by atoms with Crippen LogP contribution in [0.15, 0.2) is 30.3 Å². The number of rotatable bonds is 7. The molecule has 5 nitrogen and oxygen atoms in total. The second-order valence-electron chi connectivity index (χ2n) is 4.62. The summed E-state index contributed by atoms with van der Waals surface area (Å²) in [6.45, 7) is 4.10. The predicted octanol–water partition coefficient (Wildman–Crippen LogP) is 1.39. The fourth-order valence-corrected chi connectivity index (χ4v) is 1.75. The molecule has 0 saturated carbocycles. The van der Waals surface area contributed by atoms with Crippen LogP contribution >= 0.6 is 0 Å². The molecule has 0 radical (unpaired) electrons. The van der Waals surface area contributed by atoms with Crippen LogP contribution in [0.25, 0.3) is 0 Å². The molecular weight excluding hydrogens is 256 g/mol. The SMILES string of the molecule is CCOC(=O)CC(NC(=O)C(C)CN)c1ccccc1. The molecule has 0 heterocycles. The number of amides is 1. The Morgan fingerprint density at radius 1 is 1.30 bits per heavy atom. The standard InChI is InChI=1S/C15H22N2O3/c1-3-20-14(18)9-13(12-7-5-4-6-8-12)17-15(19)11(2)10-16/h4-8,11,13H,3,9-10,16H2,1-2H3,(H,17,19). The van der Waals surface area contributed by atoms with Gasteiger partial charge in [-0.15, -0.1) is 0 Å². The normalized spacial score (nSPS) is 13.3. The van der Waals surface area contributed by atoms with Crippen molar-refractivity contribution in [1.29, 1.82) is 0 Å². The van der Waals surface area contributed by atoms with E-state index in [4.69, 9.17) is 10.5 Å². The number of carbonyl (C=O) groups is 2. The third kappa shape index (κ3) is 5.01. The van der Waals surface area contributed by atoms with Crippen molar-refractivity contribution in [3.05, 3.63) is 35.9 Å². The number of benzene rings is 1. The molecule has 1 aromatic carbocycles. The quantitative estimate of drug-likeness (QED) is 0.739. The Hall–Kier alpha value is -1.88. The molecule has 1 aromatic rings. The highest BCUT2D eigenvalue weighted by Crippen LogP contribution is 2.17. The van der Waals surface area contributed by atoms with Crippen LogP contribution in [0.5, 0.6) is 0 Å². The fourth-order valence-electron chi connectivity index (χ4n) is 1.75. The van der Waals surface area contributed by atoms with Gasteiger partial charge in [-0.1, -0.05) is 37.3 Å². The van der Waals surface area contributed by atoms with Crippen LogP contribution < -0.4 is 11.1 Å². The first kappa shape index (κ1) is 16.2. The number of nitrogens with two attached hydrogens (primary N) is 1. The highest BCUT2D eigenvalue weighted by atomic mass is 16.5. The maximum absolute atomic E-state index is 12.0. The largest absolute Gasteiger partial charge is 0.466 e. The van der Waals surface area contributed by atoms with Crippen molar-refractivity contribution in [3.63, 3.8) is 0 Å². The van der Waals surface area contributed by atoms with E-state index in [2.05, 4.69) is 5.32 Å². The summed E-state index contributed by atoms with van der Waals surface area (Å²) in [6, 6.07) is 8.97. The molecule has 0 fully saturated rings. The van der Waals surface area contributed by atoms with Gasteiger partial charge >= 0.3 is 5.97 Å². The van der Waals surface area contributed by atoms with Crippen LogP contribution in [-0.4, -0.2) is 25.0 Å². The Bertz CT molecular complexity index is 434. The van der Waals surface area contributed by atoms with Crippen molar-refractivity contribution in [2.75, 3.05) is 13.2 Å². The van der Waals surface area contributed by atoms with Gasteiger partial charge in [0.05, 0.1) is 19.1 Å². The molecule has 1 rings (SSSR count).